The Morgan fingerprint density at radius 3 is 1.86 bits per heavy atom. The Kier molecular flexibility index (Phi) is 5.65. The number of halogens is 9. The summed E-state index contributed by atoms with van der Waals surface area (Å²) in [5, 5.41) is 7.23. The molecule has 3 aliphatic carbocycles. The molecule has 0 N–H and O–H groups in total. The molecule has 5 rings (SSSR count). The second kappa shape index (κ2) is 7.64. The van der Waals surface area contributed by atoms with E-state index < -0.39 is 77.3 Å². The standard InChI is InChI=1S/C11H11F5N2.C11H14F4N2/c1-4(2)18-9-7(8(17-18)11(14,15)16)5-3-6(5)10(9,12)13;1-6(2)17-9-8(7(3)16-17)10(12,13)4-5-11(9,14)15/h4-6H,3H2,1-2H3;6H,4-5H2,1-3H3. The Morgan fingerprint density at radius 2 is 1.34 bits per heavy atom. The van der Waals surface area contributed by atoms with Crippen LogP contribution in [0.3, 0.4) is 0 Å². The molecule has 0 amide bonds. The largest absolute Gasteiger partial charge is 0.435 e. The van der Waals surface area contributed by atoms with E-state index in [2.05, 4.69) is 10.2 Å². The van der Waals surface area contributed by atoms with Crippen LogP contribution in [0.4, 0.5) is 39.5 Å². The molecule has 0 aliphatic heterocycles. The van der Waals surface area contributed by atoms with Crippen molar-refractivity contribution in [2.45, 2.75) is 95.8 Å². The van der Waals surface area contributed by atoms with Crippen LogP contribution in [-0.2, 0) is 23.9 Å². The van der Waals surface area contributed by atoms with Crippen LogP contribution in [0.25, 0.3) is 0 Å². The maximum atomic E-state index is 14.0. The first kappa shape index (κ1) is 25.9. The Bertz CT molecular complexity index is 1140. The zero-order valence-electron chi connectivity index (χ0n) is 19.6. The van der Waals surface area contributed by atoms with E-state index in [0.29, 0.717) is 0 Å². The van der Waals surface area contributed by atoms with E-state index >= 15 is 0 Å². The Hall–Kier alpha value is -2.21. The summed E-state index contributed by atoms with van der Waals surface area (Å²) >= 11 is 0. The van der Waals surface area contributed by atoms with Crippen LogP contribution in [0.2, 0.25) is 0 Å². The van der Waals surface area contributed by atoms with E-state index in [0.717, 1.165) is 9.36 Å². The number of rotatable bonds is 2. The Morgan fingerprint density at radius 1 is 0.829 bits per heavy atom. The minimum absolute atomic E-state index is 0.00178. The first-order valence-corrected chi connectivity index (χ1v) is 11.3. The highest BCUT2D eigenvalue weighted by Crippen LogP contribution is 2.68. The minimum atomic E-state index is -4.67. The lowest BCUT2D eigenvalue weighted by Gasteiger charge is -2.30. The second-order valence-electron chi connectivity index (χ2n) is 9.97. The van der Waals surface area contributed by atoms with Crippen molar-refractivity contribution < 1.29 is 39.5 Å². The zero-order valence-corrected chi connectivity index (χ0v) is 19.6. The van der Waals surface area contributed by atoms with Gasteiger partial charge in [0.05, 0.1) is 11.3 Å². The molecule has 3 aliphatic rings. The molecule has 4 nitrogen and oxygen atoms in total. The Labute approximate surface area is 195 Å². The third kappa shape index (κ3) is 3.92. The van der Waals surface area contributed by atoms with Gasteiger partial charge in [0.1, 0.15) is 11.4 Å². The van der Waals surface area contributed by atoms with E-state index in [4.69, 9.17) is 0 Å². The molecule has 0 spiro atoms. The number of fused-ring (bicyclic) bond motifs is 4. The fourth-order valence-electron chi connectivity index (χ4n) is 5.07. The lowest BCUT2D eigenvalue weighted by molar-refractivity contribution is -0.142. The highest BCUT2D eigenvalue weighted by molar-refractivity contribution is 5.47. The van der Waals surface area contributed by atoms with Gasteiger partial charge in [0.15, 0.2) is 5.69 Å². The number of nitrogens with zero attached hydrogens (tertiary/aromatic N) is 4. The van der Waals surface area contributed by atoms with Gasteiger partial charge in [0, 0.05) is 36.4 Å². The van der Waals surface area contributed by atoms with Crippen LogP contribution in [-0.4, -0.2) is 19.6 Å². The van der Waals surface area contributed by atoms with Crippen LogP contribution >= 0.6 is 0 Å². The molecule has 2 aromatic heterocycles. The molecule has 1 saturated carbocycles. The predicted molar refractivity (Wildman–Crippen MR) is 107 cm³/mol. The van der Waals surface area contributed by atoms with Crippen molar-refractivity contribution in [2.75, 3.05) is 0 Å². The molecular weight excluding hydrogens is 491 g/mol. The molecule has 35 heavy (non-hydrogen) atoms. The SMILES string of the molecule is CC(C)n1nc(C(F)(F)F)c2c1C(F)(F)C1CC21.Cc1nn(C(C)C)c2c1C(F)(F)CCC2(F)F. The molecule has 0 aromatic carbocycles. The Balaban J connectivity index is 0.000000165. The van der Waals surface area contributed by atoms with Crippen molar-refractivity contribution in [3.05, 3.63) is 33.9 Å². The smallest absolute Gasteiger partial charge is 0.260 e. The van der Waals surface area contributed by atoms with Crippen molar-refractivity contribution in [3.63, 3.8) is 0 Å². The van der Waals surface area contributed by atoms with Crippen molar-refractivity contribution in [3.8, 4) is 0 Å². The third-order valence-electron chi connectivity index (χ3n) is 6.69. The molecule has 0 saturated heterocycles. The van der Waals surface area contributed by atoms with Crippen molar-refractivity contribution >= 4 is 0 Å². The summed E-state index contributed by atoms with van der Waals surface area (Å²) in [7, 11) is 0. The molecule has 0 radical (unpaired) electrons. The lowest BCUT2D eigenvalue weighted by atomic mass is 9.89. The molecule has 1 fully saturated rings. The molecule has 0 bridgehead atoms. The summed E-state index contributed by atoms with van der Waals surface area (Å²) in [6.07, 6.45) is -6.19. The topological polar surface area (TPSA) is 35.6 Å². The number of hydrogen-bond donors (Lipinski definition) is 0. The first-order chi connectivity index (χ1) is 15.8. The van der Waals surface area contributed by atoms with E-state index in [1.54, 1.807) is 27.7 Å². The van der Waals surface area contributed by atoms with Gasteiger partial charge < -0.3 is 0 Å². The second-order valence-corrected chi connectivity index (χ2v) is 9.97. The summed E-state index contributed by atoms with van der Waals surface area (Å²) in [4.78, 5) is 0. The van der Waals surface area contributed by atoms with E-state index in [1.807, 2.05) is 0 Å². The fourth-order valence-corrected chi connectivity index (χ4v) is 5.07. The number of aromatic nitrogens is 4. The molecule has 2 atom stereocenters. The van der Waals surface area contributed by atoms with E-state index in [-0.39, 0.29) is 23.7 Å². The van der Waals surface area contributed by atoms with Crippen molar-refractivity contribution in [2.24, 2.45) is 5.92 Å². The lowest BCUT2D eigenvalue weighted by Crippen LogP contribution is -2.32. The van der Waals surface area contributed by atoms with Crippen molar-refractivity contribution in [1.82, 2.24) is 19.6 Å². The van der Waals surface area contributed by atoms with Gasteiger partial charge in [-0.25, -0.2) is 8.78 Å². The van der Waals surface area contributed by atoms with Gasteiger partial charge in [-0.2, -0.15) is 40.9 Å². The van der Waals surface area contributed by atoms with Crippen LogP contribution in [0.15, 0.2) is 0 Å². The molecular formula is C22H25F9N4. The molecule has 2 unspecified atom stereocenters. The van der Waals surface area contributed by atoms with Crippen LogP contribution in [0.5, 0.6) is 0 Å². The van der Waals surface area contributed by atoms with E-state index in [9.17, 15) is 39.5 Å². The van der Waals surface area contributed by atoms with Gasteiger partial charge in [-0.1, -0.05) is 0 Å². The normalized spacial score (nSPS) is 25.1. The predicted octanol–water partition coefficient (Wildman–Crippen LogP) is 7.44. The third-order valence-corrected chi connectivity index (χ3v) is 6.69. The van der Waals surface area contributed by atoms with Crippen LogP contribution in [0, 0.1) is 12.8 Å². The molecule has 13 heteroatoms. The number of hydrogen-bond acceptors (Lipinski definition) is 2. The van der Waals surface area contributed by atoms with Crippen LogP contribution in [0.1, 0.15) is 98.9 Å². The highest BCUT2D eigenvalue weighted by Gasteiger charge is 2.68. The monoisotopic (exact) mass is 516 g/mol. The molecule has 2 aromatic rings. The maximum absolute atomic E-state index is 14.0. The fraction of sp³-hybridized carbons (Fsp3) is 0.727. The molecule has 196 valence electrons. The van der Waals surface area contributed by atoms with Gasteiger partial charge in [0.25, 0.3) is 17.8 Å². The zero-order chi connectivity index (χ0) is 26.5. The van der Waals surface area contributed by atoms with Gasteiger partial charge in [0.2, 0.25) is 0 Å². The number of alkyl halides is 9. The average molecular weight is 516 g/mol. The van der Waals surface area contributed by atoms with Gasteiger partial charge in [-0.15, -0.1) is 0 Å². The van der Waals surface area contributed by atoms with Crippen molar-refractivity contribution in [1.29, 1.82) is 0 Å². The summed E-state index contributed by atoms with van der Waals surface area (Å²) in [5.41, 5.74) is -3.12. The van der Waals surface area contributed by atoms with E-state index in [1.165, 1.54) is 6.92 Å². The quantitative estimate of drug-likeness (QED) is 0.389. The number of aryl methyl sites for hydroxylation is 1. The minimum Gasteiger partial charge on any atom is -0.260 e. The van der Waals surface area contributed by atoms with Gasteiger partial charge >= 0.3 is 6.18 Å². The maximum Gasteiger partial charge on any atom is 0.435 e. The average Bonchev–Trinajstić information content (AvgIpc) is 3.14. The first-order valence-electron chi connectivity index (χ1n) is 11.3. The summed E-state index contributed by atoms with van der Waals surface area (Å²) < 4.78 is 123. The van der Waals surface area contributed by atoms with Gasteiger partial charge in [-0.05, 0) is 47.0 Å². The highest BCUT2D eigenvalue weighted by atomic mass is 19.4. The summed E-state index contributed by atoms with van der Waals surface area (Å²) in [6.45, 7) is 7.75. The van der Waals surface area contributed by atoms with Crippen LogP contribution < -0.4 is 0 Å². The van der Waals surface area contributed by atoms with Gasteiger partial charge in [-0.3, -0.25) is 9.36 Å². The molecule has 2 heterocycles. The summed E-state index contributed by atoms with van der Waals surface area (Å²) in [5.74, 6) is -11.2. The summed E-state index contributed by atoms with van der Waals surface area (Å²) in [6, 6.07) is -0.879.